The zero-order valence-corrected chi connectivity index (χ0v) is 37.3. The maximum Gasteiger partial charge on any atom is 0.324 e. The standard InChI is InChI=1S/C48H60FN7O7/c1-8-55-36-14-13-29-25-33(36)37-38(42(62-7)39-32(41(37)55)11-9-17-51-39)47(4,5)26-63-45(60)34-12-10-20-56(53-34)44(59)35(23-28-21-30(29)24-31(57)22-28)52-43(58)40(27(2)3)54(6)46(61)48(49)15-18-50-19-16-48/h9,11,13-14,17,21-22,24-25,27,34-35,38,40,42,50,53,57H,8,10,12,15-16,18-20,23,26H2,1-7H3,(H,52,58)/t34-,35?,38?,40-,42-/m0/s1. The molecular weight excluding hydrogens is 806 g/mol. The van der Waals surface area contributed by atoms with Crippen LogP contribution in [0.3, 0.4) is 0 Å². The Morgan fingerprint density at radius 1 is 1.11 bits per heavy atom. The first-order valence-corrected chi connectivity index (χ1v) is 22.3. The normalized spacial score (nSPS) is 23.7. The van der Waals surface area contributed by atoms with Gasteiger partial charge in [-0.25, -0.2) is 9.82 Å². The summed E-state index contributed by atoms with van der Waals surface area (Å²) in [5.74, 6) is -3.19. The van der Waals surface area contributed by atoms with Gasteiger partial charge in [-0.3, -0.25) is 29.2 Å². The monoisotopic (exact) mass is 865 g/mol. The van der Waals surface area contributed by atoms with E-state index >= 15 is 4.39 Å². The zero-order valence-electron chi connectivity index (χ0n) is 37.3. The van der Waals surface area contributed by atoms with Crippen LogP contribution in [0.5, 0.6) is 5.75 Å². The summed E-state index contributed by atoms with van der Waals surface area (Å²) in [5.41, 5.74) is 7.25. The number of esters is 1. The third-order valence-corrected chi connectivity index (χ3v) is 13.6. The van der Waals surface area contributed by atoms with Crippen molar-refractivity contribution < 1.29 is 38.1 Å². The van der Waals surface area contributed by atoms with Gasteiger partial charge in [0.1, 0.15) is 30.0 Å². The summed E-state index contributed by atoms with van der Waals surface area (Å²) in [4.78, 5) is 62.9. The van der Waals surface area contributed by atoms with Gasteiger partial charge in [-0.05, 0) is 97.4 Å². The molecule has 6 bridgehead atoms. The van der Waals surface area contributed by atoms with E-state index in [2.05, 4.69) is 59.6 Å². The van der Waals surface area contributed by atoms with Gasteiger partial charge in [-0.2, -0.15) is 0 Å². The van der Waals surface area contributed by atoms with Crippen LogP contribution in [0.15, 0.2) is 54.7 Å². The number of cyclic esters (lactones) is 1. The molecule has 2 fully saturated rings. The number of ether oxygens (including phenoxy) is 2. The van der Waals surface area contributed by atoms with E-state index in [0.29, 0.717) is 43.6 Å². The zero-order chi connectivity index (χ0) is 45.0. The van der Waals surface area contributed by atoms with Crippen LogP contribution in [0.1, 0.15) is 89.1 Å². The van der Waals surface area contributed by atoms with Gasteiger partial charge in [0.25, 0.3) is 11.8 Å². The fourth-order valence-electron chi connectivity index (χ4n) is 10.5. The van der Waals surface area contributed by atoms with E-state index in [9.17, 15) is 24.3 Å². The molecule has 3 aliphatic heterocycles. The number of alkyl halides is 1. The fourth-order valence-corrected chi connectivity index (χ4v) is 10.5. The van der Waals surface area contributed by atoms with Gasteiger partial charge in [-0.1, -0.05) is 39.8 Å². The molecular formula is C48H60FN7O7. The quantitative estimate of drug-likeness (QED) is 0.173. The molecule has 1 aliphatic carbocycles. The molecule has 15 heteroatoms. The number of phenolic OH excluding ortho intramolecular Hbond substituents is 1. The molecule has 5 heterocycles. The smallest absolute Gasteiger partial charge is 0.324 e. The van der Waals surface area contributed by atoms with Crippen molar-refractivity contribution in [1.29, 1.82) is 0 Å². The van der Waals surface area contributed by atoms with E-state index in [1.165, 1.54) is 17.0 Å². The number of pyridine rings is 1. The Labute approximate surface area is 367 Å². The van der Waals surface area contributed by atoms with Crippen molar-refractivity contribution in [3.63, 3.8) is 0 Å². The molecule has 4 N–H and O–H groups in total. The second-order valence-corrected chi connectivity index (χ2v) is 18.7. The van der Waals surface area contributed by atoms with Crippen LogP contribution >= 0.6 is 0 Å². The second kappa shape index (κ2) is 17.3. The Morgan fingerprint density at radius 3 is 2.59 bits per heavy atom. The predicted molar refractivity (Wildman–Crippen MR) is 236 cm³/mol. The maximum atomic E-state index is 16.0. The lowest BCUT2D eigenvalue weighted by molar-refractivity contribution is -0.156. The van der Waals surface area contributed by atoms with Crippen molar-refractivity contribution in [2.45, 2.75) is 109 Å². The lowest BCUT2D eigenvalue weighted by Crippen LogP contribution is -2.63. The van der Waals surface area contributed by atoms with E-state index in [4.69, 9.17) is 14.5 Å². The highest BCUT2D eigenvalue weighted by molar-refractivity contribution is 5.97. The van der Waals surface area contributed by atoms with Crippen LogP contribution in [-0.2, 0) is 41.6 Å². The molecule has 3 amide bonds. The highest BCUT2D eigenvalue weighted by Crippen LogP contribution is 2.57. The van der Waals surface area contributed by atoms with Crippen molar-refractivity contribution in [1.82, 2.24) is 35.5 Å². The molecule has 0 radical (unpaired) electrons. The van der Waals surface area contributed by atoms with Gasteiger partial charge >= 0.3 is 5.97 Å². The van der Waals surface area contributed by atoms with Crippen LogP contribution in [-0.4, -0.2) is 112 Å². The number of aromatic hydroxyl groups is 1. The summed E-state index contributed by atoms with van der Waals surface area (Å²) >= 11 is 0. The summed E-state index contributed by atoms with van der Waals surface area (Å²) in [6, 6.07) is 12.2. The number of carbonyl (C=O) groups excluding carboxylic acids is 4. The Morgan fingerprint density at radius 2 is 1.87 bits per heavy atom. The Bertz CT molecular complexity index is 2430. The van der Waals surface area contributed by atoms with Gasteiger partial charge in [0.2, 0.25) is 5.91 Å². The number of rotatable bonds is 7. The topological polar surface area (TPSA) is 167 Å². The first kappa shape index (κ1) is 44.2. The number of hydrazine groups is 1. The number of methoxy groups -OCH3 is 1. The number of phenols is 1. The van der Waals surface area contributed by atoms with Gasteiger partial charge in [0, 0.05) is 80.5 Å². The lowest BCUT2D eigenvalue weighted by atomic mass is 9.67. The first-order chi connectivity index (χ1) is 30.1. The van der Waals surface area contributed by atoms with Crippen LogP contribution in [0, 0.1) is 11.3 Å². The third kappa shape index (κ3) is 8.08. The molecule has 0 spiro atoms. The Balaban J connectivity index is 1.24. The number of hydrogen-bond donors (Lipinski definition) is 4. The number of fused-ring (bicyclic) bond motifs is 8. The number of piperidine rings is 1. The van der Waals surface area contributed by atoms with E-state index in [0.717, 1.165) is 39.0 Å². The average Bonchev–Trinajstić information content (AvgIpc) is 3.60. The van der Waals surface area contributed by atoms with Crippen molar-refractivity contribution >= 4 is 34.6 Å². The number of amides is 3. The van der Waals surface area contributed by atoms with E-state index in [1.54, 1.807) is 39.3 Å². The summed E-state index contributed by atoms with van der Waals surface area (Å²) in [6.07, 6.45) is 2.14. The maximum absolute atomic E-state index is 16.0. The van der Waals surface area contributed by atoms with Gasteiger partial charge < -0.3 is 34.7 Å². The van der Waals surface area contributed by atoms with Crippen LogP contribution < -0.4 is 16.1 Å². The lowest BCUT2D eigenvalue weighted by Gasteiger charge is -2.42. The number of nitrogens with one attached hydrogen (secondary N) is 3. The number of aromatic nitrogens is 2. The van der Waals surface area contributed by atoms with Crippen molar-refractivity contribution in [2.75, 3.05) is 40.4 Å². The first-order valence-electron chi connectivity index (χ1n) is 22.3. The molecule has 2 aromatic heterocycles. The molecule has 0 saturated carbocycles. The average molecular weight is 866 g/mol. The van der Waals surface area contributed by atoms with E-state index < -0.39 is 64.9 Å². The fraction of sp³-hybridized carbons (Fsp3) is 0.521. The number of benzene rings is 2. The molecule has 2 unspecified atom stereocenters. The van der Waals surface area contributed by atoms with Gasteiger partial charge in [0.05, 0.1) is 18.0 Å². The molecule has 2 saturated heterocycles. The third-order valence-electron chi connectivity index (χ3n) is 13.6. The minimum Gasteiger partial charge on any atom is -0.508 e. The number of carbonyl (C=O) groups is 4. The molecule has 336 valence electrons. The summed E-state index contributed by atoms with van der Waals surface area (Å²) in [5, 5.41) is 19.6. The number of nitrogens with zero attached hydrogens (tertiary/aromatic N) is 4. The molecule has 8 rings (SSSR count). The van der Waals surface area contributed by atoms with Crippen molar-refractivity contribution in [3.05, 3.63) is 71.5 Å². The number of hydrogen-bond acceptors (Lipinski definition) is 10. The highest BCUT2D eigenvalue weighted by atomic mass is 19.1. The molecule has 4 aliphatic rings. The summed E-state index contributed by atoms with van der Waals surface area (Å²) in [7, 11) is 3.12. The predicted octanol–water partition coefficient (Wildman–Crippen LogP) is 5.56. The van der Waals surface area contributed by atoms with E-state index in [-0.39, 0.29) is 44.1 Å². The van der Waals surface area contributed by atoms with Crippen LogP contribution in [0.25, 0.3) is 33.3 Å². The molecule has 2 aromatic carbocycles. The van der Waals surface area contributed by atoms with Gasteiger partial charge in [0.15, 0.2) is 5.67 Å². The number of aryl methyl sites for hydroxylation is 1. The van der Waals surface area contributed by atoms with E-state index in [1.807, 2.05) is 18.2 Å². The van der Waals surface area contributed by atoms with Crippen molar-refractivity contribution in [3.8, 4) is 28.1 Å². The van der Waals surface area contributed by atoms with Gasteiger partial charge in [-0.15, -0.1) is 0 Å². The summed E-state index contributed by atoms with van der Waals surface area (Å²) in [6.45, 7) is 11.4. The molecule has 4 aromatic rings. The Kier molecular flexibility index (Phi) is 12.1. The highest BCUT2D eigenvalue weighted by Gasteiger charge is 2.48. The summed E-state index contributed by atoms with van der Waals surface area (Å²) < 4.78 is 30.8. The second-order valence-electron chi connectivity index (χ2n) is 18.7. The largest absolute Gasteiger partial charge is 0.508 e. The van der Waals surface area contributed by atoms with Crippen LogP contribution in [0.4, 0.5) is 4.39 Å². The molecule has 5 atom stereocenters. The number of halogens is 1. The van der Waals surface area contributed by atoms with Crippen molar-refractivity contribution in [2.24, 2.45) is 11.3 Å². The number of likely N-dealkylation sites (N-methyl/N-ethyl adjacent to an activating group) is 1. The minimum atomic E-state index is -2.12. The molecule has 63 heavy (non-hydrogen) atoms. The Hall–Kier alpha value is -5.38. The molecule has 14 nitrogen and oxygen atoms in total. The SMILES string of the molecule is CCn1c2c3c4cc(ccc41)-c1cc(O)cc(c1)CC(NC(=O)[C@H](C(C)C)N(C)C(=O)C1(F)CCNCC1)C(=O)N1CCC[C@H](N1)C(=O)OCC(C)(C)C3[C@H](OC)c1ncccc1-2. The minimum absolute atomic E-state index is 0.00911. The van der Waals surface area contributed by atoms with Crippen LogP contribution in [0.2, 0.25) is 0 Å².